The van der Waals surface area contributed by atoms with E-state index >= 15 is 0 Å². The molecular weight excluding hydrogens is 304 g/mol. The minimum atomic E-state index is 0.184. The molecule has 3 N–H and O–H groups in total. The van der Waals surface area contributed by atoms with Crippen LogP contribution in [0.2, 0.25) is 0 Å². The fraction of sp³-hybridized carbons (Fsp3) is 0.706. The number of aryl methyl sites for hydroxylation is 3. The zero-order chi connectivity index (χ0) is 17.4. The van der Waals surface area contributed by atoms with E-state index in [1.807, 2.05) is 18.5 Å². The second kappa shape index (κ2) is 9.30. The Hall–Kier alpha value is -2.05. The Kier molecular flexibility index (Phi) is 7.08. The molecule has 0 unspecified atom stereocenters. The highest BCUT2D eigenvalue weighted by Gasteiger charge is 2.28. The third kappa shape index (κ3) is 6.22. The van der Waals surface area contributed by atoms with Gasteiger partial charge in [0.25, 0.3) is 0 Å². The van der Waals surface area contributed by atoms with Crippen LogP contribution in [0.1, 0.15) is 37.6 Å². The third-order valence-electron chi connectivity index (χ3n) is 3.91. The molecule has 1 aromatic heterocycles. The molecule has 0 bridgehead atoms. The summed E-state index contributed by atoms with van der Waals surface area (Å²) in [7, 11) is 0. The molecule has 1 aliphatic rings. The first-order chi connectivity index (χ1) is 11.6. The standard InChI is InChI=1S/C17H30N6O/c1-4-18-17(21-10-9-19-16(24)15-6-7-15)20-8-5-11-23-14(3)12-13(2)22-23/h12,15H,4-11H2,1-3H3,(H,19,24)(H2,18,20,21). The van der Waals surface area contributed by atoms with Crippen molar-refractivity contribution < 1.29 is 4.79 Å². The molecule has 1 heterocycles. The lowest BCUT2D eigenvalue weighted by atomic mass is 10.4. The zero-order valence-electron chi connectivity index (χ0n) is 15.1. The molecule has 7 heteroatoms. The molecule has 0 aliphatic heterocycles. The van der Waals surface area contributed by atoms with Crippen LogP contribution in [0.3, 0.4) is 0 Å². The number of guanidine groups is 1. The lowest BCUT2D eigenvalue weighted by molar-refractivity contribution is -0.122. The fourth-order valence-corrected chi connectivity index (χ4v) is 2.51. The van der Waals surface area contributed by atoms with Crippen molar-refractivity contribution in [1.29, 1.82) is 0 Å². The number of carbonyl (C=O) groups excluding carboxylic acids is 1. The summed E-state index contributed by atoms with van der Waals surface area (Å²) in [5, 5.41) is 13.9. The average Bonchev–Trinajstić information content (AvgIpc) is 3.34. The smallest absolute Gasteiger partial charge is 0.223 e. The predicted molar refractivity (Wildman–Crippen MR) is 96.0 cm³/mol. The summed E-state index contributed by atoms with van der Waals surface area (Å²) in [5.74, 6) is 1.25. The van der Waals surface area contributed by atoms with Crippen LogP contribution in [0.15, 0.2) is 11.1 Å². The molecule has 0 spiro atoms. The lowest BCUT2D eigenvalue weighted by Gasteiger charge is -2.12. The van der Waals surface area contributed by atoms with E-state index in [-0.39, 0.29) is 11.8 Å². The van der Waals surface area contributed by atoms with Gasteiger partial charge in [-0.2, -0.15) is 5.10 Å². The van der Waals surface area contributed by atoms with Gasteiger partial charge in [-0.05, 0) is 46.1 Å². The second-order valence-electron chi connectivity index (χ2n) is 6.26. The maximum absolute atomic E-state index is 11.6. The van der Waals surface area contributed by atoms with Gasteiger partial charge in [-0.25, -0.2) is 0 Å². The van der Waals surface area contributed by atoms with Gasteiger partial charge in [-0.1, -0.05) is 0 Å². The van der Waals surface area contributed by atoms with Crippen LogP contribution in [-0.4, -0.2) is 47.8 Å². The van der Waals surface area contributed by atoms with Gasteiger partial charge in [-0.15, -0.1) is 0 Å². The SMILES string of the molecule is CCNC(=NCCCn1nc(C)cc1C)NCCNC(=O)C1CC1. The summed E-state index contributed by atoms with van der Waals surface area (Å²) < 4.78 is 2.03. The number of carbonyl (C=O) groups is 1. The molecule has 1 fully saturated rings. The Bertz CT molecular complexity index is 561. The minimum Gasteiger partial charge on any atom is -0.357 e. The second-order valence-corrected chi connectivity index (χ2v) is 6.26. The highest BCUT2D eigenvalue weighted by atomic mass is 16.2. The first kappa shape index (κ1) is 18.3. The van der Waals surface area contributed by atoms with Crippen molar-refractivity contribution in [3.05, 3.63) is 17.5 Å². The summed E-state index contributed by atoms with van der Waals surface area (Å²) in [4.78, 5) is 16.1. The van der Waals surface area contributed by atoms with Crippen LogP contribution in [0.4, 0.5) is 0 Å². The number of aliphatic imine (C=N–C) groups is 1. The number of hydrogen-bond donors (Lipinski definition) is 3. The fourth-order valence-electron chi connectivity index (χ4n) is 2.51. The van der Waals surface area contributed by atoms with Gasteiger partial charge in [0.1, 0.15) is 0 Å². The maximum atomic E-state index is 11.6. The average molecular weight is 334 g/mol. The molecule has 0 saturated heterocycles. The van der Waals surface area contributed by atoms with E-state index < -0.39 is 0 Å². The Morgan fingerprint density at radius 1 is 1.29 bits per heavy atom. The van der Waals surface area contributed by atoms with Gasteiger partial charge in [0, 0.05) is 44.3 Å². The number of nitrogens with one attached hydrogen (secondary N) is 3. The monoisotopic (exact) mass is 334 g/mol. The molecule has 1 saturated carbocycles. The highest BCUT2D eigenvalue weighted by molar-refractivity contribution is 5.81. The molecular formula is C17H30N6O. The summed E-state index contributed by atoms with van der Waals surface area (Å²) in [5.41, 5.74) is 2.24. The number of rotatable bonds is 9. The van der Waals surface area contributed by atoms with Crippen LogP contribution in [0.25, 0.3) is 0 Å². The van der Waals surface area contributed by atoms with Crippen molar-refractivity contribution in [2.45, 2.75) is 46.6 Å². The summed E-state index contributed by atoms with van der Waals surface area (Å²) >= 11 is 0. The molecule has 1 amide bonds. The van der Waals surface area contributed by atoms with Crippen LogP contribution in [-0.2, 0) is 11.3 Å². The van der Waals surface area contributed by atoms with E-state index in [1.165, 1.54) is 5.69 Å². The van der Waals surface area contributed by atoms with Crippen LogP contribution in [0.5, 0.6) is 0 Å². The summed E-state index contributed by atoms with van der Waals surface area (Å²) in [6.45, 7) is 9.87. The number of hydrogen-bond acceptors (Lipinski definition) is 3. The van der Waals surface area contributed by atoms with Crippen molar-refractivity contribution >= 4 is 11.9 Å². The van der Waals surface area contributed by atoms with E-state index in [4.69, 9.17) is 0 Å². The molecule has 1 aliphatic carbocycles. The molecule has 0 aromatic carbocycles. The number of aromatic nitrogens is 2. The van der Waals surface area contributed by atoms with Crippen molar-refractivity contribution in [2.75, 3.05) is 26.2 Å². The lowest BCUT2D eigenvalue weighted by Crippen LogP contribution is -2.41. The van der Waals surface area contributed by atoms with Crippen molar-refractivity contribution in [3.63, 3.8) is 0 Å². The first-order valence-corrected chi connectivity index (χ1v) is 8.91. The van der Waals surface area contributed by atoms with E-state index in [0.717, 1.165) is 50.6 Å². The Morgan fingerprint density at radius 2 is 2.04 bits per heavy atom. The van der Waals surface area contributed by atoms with E-state index in [1.54, 1.807) is 0 Å². The number of amides is 1. The molecule has 0 atom stereocenters. The van der Waals surface area contributed by atoms with Crippen LogP contribution < -0.4 is 16.0 Å². The summed E-state index contributed by atoms with van der Waals surface area (Å²) in [6, 6.07) is 2.09. The molecule has 7 nitrogen and oxygen atoms in total. The minimum absolute atomic E-state index is 0.184. The largest absolute Gasteiger partial charge is 0.357 e. The van der Waals surface area contributed by atoms with Gasteiger partial charge in [0.2, 0.25) is 5.91 Å². The molecule has 134 valence electrons. The van der Waals surface area contributed by atoms with Gasteiger partial charge in [-0.3, -0.25) is 14.5 Å². The van der Waals surface area contributed by atoms with Crippen molar-refractivity contribution in [3.8, 4) is 0 Å². The number of nitrogens with zero attached hydrogens (tertiary/aromatic N) is 3. The topological polar surface area (TPSA) is 83.3 Å². The molecule has 0 radical (unpaired) electrons. The first-order valence-electron chi connectivity index (χ1n) is 8.91. The van der Waals surface area contributed by atoms with Crippen molar-refractivity contribution in [2.24, 2.45) is 10.9 Å². The Labute approximate surface area is 144 Å². The quantitative estimate of drug-likeness (QED) is 0.357. The van der Waals surface area contributed by atoms with E-state index in [9.17, 15) is 4.79 Å². The van der Waals surface area contributed by atoms with Crippen LogP contribution >= 0.6 is 0 Å². The predicted octanol–water partition coefficient (Wildman–Crippen LogP) is 0.971. The highest BCUT2D eigenvalue weighted by Crippen LogP contribution is 2.28. The Balaban J connectivity index is 1.65. The Morgan fingerprint density at radius 3 is 2.67 bits per heavy atom. The van der Waals surface area contributed by atoms with Crippen molar-refractivity contribution in [1.82, 2.24) is 25.7 Å². The molecule has 24 heavy (non-hydrogen) atoms. The molecule has 1 aromatic rings. The molecule has 2 rings (SSSR count). The van der Waals surface area contributed by atoms with Gasteiger partial charge in [0.05, 0.1) is 5.69 Å². The van der Waals surface area contributed by atoms with Gasteiger partial charge < -0.3 is 16.0 Å². The van der Waals surface area contributed by atoms with Gasteiger partial charge in [0.15, 0.2) is 5.96 Å². The van der Waals surface area contributed by atoms with E-state index in [0.29, 0.717) is 13.1 Å². The van der Waals surface area contributed by atoms with Gasteiger partial charge >= 0.3 is 0 Å². The maximum Gasteiger partial charge on any atom is 0.223 e. The van der Waals surface area contributed by atoms with Crippen LogP contribution in [0, 0.1) is 19.8 Å². The van der Waals surface area contributed by atoms with E-state index in [2.05, 4.69) is 39.0 Å². The summed E-state index contributed by atoms with van der Waals surface area (Å²) in [6.07, 6.45) is 3.02. The normalized spacial score (nSPS) is 14.5. The zero-order valence-corrected chi connectivity index (χ0v) is 15.1. The third-order valence-corrected chi connectivity index (χ3v) is 3.91.